The molecule has 0 saturated carbocycles. The SMILES string of the molecule is CCNCc1ccccc1OCc1ccsc1. The standard InChI is InChI=1S/C14H17NOS/c1-2-15-9-13-5-3-4-6-14(13)16-10-12-7-8-17-11-12/h3-8,11,15H,2,9-10H2,1H3. The van der Waals surface area contributed by atoms with Gasteiger partial charge in [-0.1, -0.05) is 25.1 Å². The summed E-state index contributed by atoms with van der Waals surface area (Å²) in [5.74, 6) is 0.972. The first kappa shape index (κ1) is 12.1. The van der Waals surface area contributed by atoms with Crippen LogP contribution in [-0.2, 0) is 13.2 Å². The maximum absolute atomic E-state index is 5.85. The van der Waals surface area contributed by atoms with Gasteiger partial charge in [-0.05, 0) is 35.0 Å². The maximum Gasteiger partial charge on any atom is 0.124 e. The molecule has 1 heterocycles. The molecule has 3 heteroatoms. The van der Waals surface area contributed by atoms with Crippen LogP contribution in [0.3, 0.4) is 0 Å². The highest BCUT2D eigenvalue weighted by molar-refractivity contribution is 7.07. The molecule has 90 valence electrons. The topological polar surface area (TPSA) is 21.3 Å². The van der Waals surface area contributed by atoms with Crippen LogP contribution in [0, 0.1) is 0 Å². The summed E-state index contributed by atoms with van der Waals surface area (Å²) in [5.41, 5.74) is 2.44. The molecule has 0 aliphatic rings. The third-order valence-corrected chi connectivity index (χ3v) is 3.24. The molecule has 0 aliphatic heterocycles. The highest BCUT2D eigenvalue weighted by Crippen LogP contribution is 2.19. The molecule has 17 heavy (non-hydrogen) atoms. The number of hydrogen-bond donors (Lipinski definition) is 1. The molecular formula is C14H17NOS. The molecule has 2 aromatic rings. The fraction of sp³-hybridized carbons (Fsp3) is 0.286. The van der Waals surface area contributed by atoms with Crippen LogP contribution in [0.15, 0.2) is 41.1 Å². The number of hydrogen-bond acceptors (Lipinski definition) is 3. The van der Waals surface area contributed by atoms with Crippen molar-refractivity contribution in [1.29, 1.82) is 0 Å². The van der Waals surface area contributed by atoms with Crippen LogP contribution in [0.5, 0.6) is 5.75 Å². The number of thiophene rings is 1. The molecule has 0 amide bonds. The summed E-state index contributed by atoms with van der Waals surface area (Å²) >= 11 is 1.70. The lowest BCUT2D eigenvalue weighted by molar-refractivity contribution is 0.302. The minimum Gasteiger partial charge on any atom is -0.489 e. The Morgan fingerprint density at radius 1 is 1.24 bits per heavy atom. The van der Waals surface area contributed by atoms with E-state index < -0.39 is 0 Å². The zero-order chi connectivity index (χ0) is 11.9. The second kappa shape index (κ2) is 6.42. The minimum atomic E-state index is 0.645. The molecule has 1 aromatic heterocycles. The Bertz CT molecular complexity index is 439. The van der Waals surface area contributed by atoms with Crippen molar-refractivity contribution in [2.75, 3.05) is 6.54 Å². The first-order valence-electron chi connectivity index (χ1n) is 5.82. The fourth-order valence-corrected chi connectivity index (χ4v) is 2.24. The molecule has 0 saturated heterocycles. The fourth-order valence-electron chi connectivity index (χ4n) is 1.59. The van der Waals surface area contributed by atoms with E-state index in [1.54, 1.807) is 11.3 Å². The van der Waals surface area contributed by atoms with Crippen LogP contribution >= 0.6 is 11.3 Å². The second-order valence-corrected chi connectivity index (χ2v) is 4.59. The molecule has 0 aliphatic carbocycles. The van der Waals surface area contributed by atoms with E-state index in [4.69, 9.17) is 4.74 Å². The predicted molar refractivity (Wildman–Crippen MR) is 72.5 cm³/mol. The van der Waals surface area contributed by atoms with Crippen LogP contribution in [0.25, 0.3) is 0 Å². The van der Waals surface area contributed by atoms with Gasteiger partial charge >= 0.3 is 0 Å². The van der Waals surface area contributed by atoms with E-state index in [9.17, 15) is 0 Å². The Morgan fingerprint density at radius 3 is 2.88 bits per heavy atom. The summed E-state index contributed by atoms with van der Waals surface area (Å²) in [6.45, 7) is 4.58. The number of para-hydroxylation sites is 1. The van der Waals surface area contributed by atoms with E-state index in [0.29, 0.717) is 6.61 Å². The Kier molecular flexibility index (Phi) is 4.59. The first-order chi connectivity index (χ1) is 8.40. The highest BCUT2D eigenvalue weighted by Gasteiger charge is 2.02. The Morgan fingerprint density at radius 2 is 2.12 bits per heavy atom. The van der Waals surface area contributed by atoms with Crippen molar-refractivity contribution in [3.05, 3.63) is 52.2 Å². The summed E-state index contributed by atoms with van der Waals surface area (Å²) in [6.07, 6.45) is 0. The van der Waals surface area contributed by atoms with E-state index in [0.717, 1.165) is 18.8 Å². The van der Waals surface area contributed by atoms with Crippen LogP contribution in [0.4, 0.5) is 0 Å². The normalized spacial score (nSPS) is 10.4. The molecular weight excluding hydrogens is 230 g/mol. The lowest BCUT2D eigenvalue weighted by Gasteiger charge is -2.11. The molecule has 0 atom stereocenters. The van der Waals surface area contributed by atoms with Crippen LogP contribution in [0.2, 0.25) is 0 Å². The van der Waals surface area contributed by atoms with Crippen molar-refractivity contribution in [2.24, 2.45) is 0 Å². The molecule has 0 fully saturated rings. The average Bonchev–Trinajstić information content (AvgIpc) is 2.88. The minimum absolute atomic E-state index is 0.645. The molecule has 1 aromatic carbocycles. The zero-order valence-corrected chi connectivity index (χ0v) is 10.8. The van der Waals surface area contributed by atoms with Crippen molar-refractivity contribution in [2.45, 2.75) is 20.1 Å². The third-order valence-electron chi connectivity index (χ3n) is 2.51. The summed E-state index contributed by atoms with van der Waals surface area (Å²) < 4.78 is 5.85. The maximum atomic E-state index is 5.85. The third kappa shape index (κ3) is 3.58. The van der Waals surface area contributed by atoms with Crippen molar-refractivity contribution >= 4 is 11.3 Å². The van der Waals surface area contributed by atoms with Crippen molar-refractivity contribution < 1.29 is 4.74 Å². The van der Waals surface area contributed by atoms with Gasteiger partial charge in [0.05, 0.1) is 0 Å². The van der Waals surface area contributed by atoms with E-state index in [1.807, 2.05) is 18.2 Å². The van der Waals surface area contributed by atoms with Gasteiger partial charge in [0.15, 0.2) is 0 Å². The number of rotatable bonds is 6. The van der Waals surface area contributed by atoms with Gasteiger partial charge in [0.1, 0.15) is 12.4 Å². The largest absolute Gasteiger partial charge is 0.489 e. The predicted octanol–water partition coefficient (Wildman–Crippen LogP) is 3.44. The highest BCUT2D eigenvalue weighted by atomic mass is 32.1. The van der Waals surface area contributed by atoms with E-state index >= 15 is 0 Å². The van der Waals surface area contributed by atoms with Crippen molar-refractivity contribution in [3.63, 3.8) is 0 Å². The lowest BCUT2D eigenvalue weighted by Crippen LogP contribution is -2.12. The van der Waals surface area contributed by atoms with Gasteiger partial charge in [0.25, 0.3) is 0 Å². The monoisotopic (exact) mass is 247 g/mol. The number of benzene rings is 1. The van der Waals surface area contributed by atoms with Crippen molar-refractivity contribution in [3.8, 4) is 5.75 Å². The molecule has 1 N–H and O–H groups in total. The van der Waals surface area contributed by atoms with E-state index in [-0.39, 0.29) is 0 Å². The van der Waals surface area contributed by atoms with Gasteiger partial charge in [0, 0.05) is 12.1 Å². The van der Waals surface area contributed by atoms with Crippen LogP contribution < -0.4 is 10.1 Å². The van der Waals surface area contributed by atoms with Crippen molar-refractivity contribution in [1.82, 2.24) is 5.32 Å². The Labute approximate surface area is 106 Å². The Balaban J connectivity index is 1.99. The summed E-state index contributed by atoms with van der Waals surface area (Å²) in [4.78, 5) is 0. The first-order valence-corrected chi connectivity index (χ1v) is 6.77. The molecule has 2 rings (SSSR count). The second-order valence-electron chi connectivity index (χ2n) is 3.81. The van der Waals surface area contributed by atoms with Gasteiger partial charge in [-0.2, -0.15) is 11.3 Å². The molecule has 2 nitrogen and oxygen atoms in total. The molecule has 0 bridgehead atoms. The average molecular weight is 247 g/mol. The quantitative estimate of drug-likeness (QED) is 0.844. The van der Waals surface area contributed by atoms with E-state index in [1.165, 1.54) is 11.1 Å². The van der Waals surface area contributed by atoms with Gasteiger partial charge in [-0.15, -0.1) is 0 Å². The van der Waals surface area contributed by atoms with Crippen LogP contribution in [0.1, 0.15) is 18.1 Å². The summed E-state index contributed by atoms with van der Waals surface area (Å²) in [6, 6.07) is 10.3. The van der Waals surface area contributed by atoms with Gasteiger partial charge < -0.3 is 10.1 Å². The zero-order valence-electron chi connectivity index (χ0n) is 9.98. The Hall–Kier alpha value is -1.32. The van der Waals surface area contributed by atoms with E-state index in [2.05, 4.69) is 35.1 Å². The lowest BCUT2D eigenvalue weighted by atomic mass is 10.2. The number of nitrogens with one attached hydrogen (secondary N) is 1. The van der Waals surface area contributed by atoms with Crippen LogP contribution in [-0.4, -0.2) is 6.54 Å². The van der Waals surface area contributed by atoms with Gasteiger partial charge in [-0.25, -0.2) is 0 Å². The van der Waals surface area contributed by atoms with Gasteiger partial charge in [-0.3, -0.25) is 0 Å². The summed E-state index contributed by atoms with van der Waals surface area (Å²) in [7, 11) is 0. The van der Waals surface area contributed by atoms with Gasteiger partial charge in [0.2, 0.25) is 0 Å². The molecule has 0 radical (unpaired) electrons. The molecule has 0 unspecified atom stereocenters. The smallest absolute Gasteiger partial charge is 0.124 e. The molecule has 0 spiro atoms. The summed E-state index contributed by atoms with van der Waals surface area (Å²) in [5, 5.41) is 7.51. The number of ether oxygens (including phenoxy) is 1.